The van der Waals surface area contributed by atoms with Gasteiger partial charge in [0.05, 0.1) is 13.2 Å². The average Bonchev–Trinajstić information content (AvgIpc) is 2.50. The van der Waals surface area contributed by atoms with E-state index in [-0.39, 0.29) is 19.6 Å². The second kappa shape index (κ2) is 8.06. The summed E-state index contributed by atoms with van der Waals surface area (Å²) in [7, 11) is 0. The molecule has 0 amide bonds. The molecule has 1 aromatic carbocycles. The van der Waals surface area contributed by atoms with Gasteiger partial charge in [-0.1, -0.05) is 37.3 Å². The van der Waals surface area contributed by atoms with E-state index in [0.29, 0.717) is 0 Å². The Morgan fingerprint density at radius 3 is 2.21 bits per heavy atom. The topological polar surface area (TPSA) is 96.7 Å². The molecule has 0 aliphatic heterocycles. The van der Waals surface area contributed by atoms with E-state index in [2.05, 4.69) is 0 Å². The molecule has 6 nitrogen and oxygen atoms in total. The zero-order chi connectivity index (χ0) is 18.4. The lowest BCUT2D eigenvalue weighted by molar-refractivity contribution is -0.154. The van der Waals surface area contributed by atoms with Gasteiger partial charge in [0.2, 0.25) is 0 Å². The fourth-order valence-corrected chi connectivity index (χ4v) is 2.11. The number of rotatable bonds is 8. The van der Waals surface area contributed by atoms with Gasteiger partial charge in [0.25, 0.3) is 0 Å². The van der Waals surface area contributed by atoms with Crippen molar-refractivity contribution in [2.75, 3.05) is 6.61 Å². The highest BCUT2D eigenvalue weighted by atomic mass is 16.6. The molecule has 0 aromatic heterocycles. The van der Waals surface area contributed by atoms with Crippen LogP contribution in [-0.4, -0.2) is 35.0 Å². The first-order chi connectivity index (χ1) is 11.1. The third kappa shape index (κ3) is 5.16. The second-order valence-electron chi connectivity index (χ2n) is 6.60. The average molecular weight is 335 g/mol. The number of carboxylic acids is 1. The molecular formula is C18H25NO5. The number of hydrogen-bond acceptors (Lipinski definition) is 5. The van der Waals surface area contributed by atoms with Gasteiger partial charge in [-0.25, -0.2) is 4.79 Å². The molecule has 2 N–H and O–H groups in total. The number of aliphatic carboxylic acids is 1. The van der Waals surface area contributed by atoms with Crippen molar-refractivity contribution < 1.29 is 24.2 Å². The maximum atomic E-state index is 12.1. The van der Waals surface area contributed by atoms with Crippen LogP contribution in [0.25, 0.3) is 0 Å². The van der Waals surface area contributed by atoms with Crippen LogP contribution >= 0.6 is 0 Å². The third-order valence-electron chi connectivity index (χ3n) is 3.55. The van der Waals surface area contributed by atoms with Crippen molar-refractivity contribution in [3.63, 3.8) is 0 Å². The molecule has 0 aliphatic rings. The molecule has 0 aliphatic carbocycles. The molecule has 0 radical (unpaired) electrons. The summed E-state index contributed by atoms with van der Waals surface area (Å²) in [5.41, 5.74) is -2.24. The minimum Gasteiger partial charge on any atom is -0.480 e. The van der Waals surface area contributed by atoms with E-state index < -0.39 is 28.7 Å². The second-order valence-corrected chi connectivity index (χ2v) is 6.60. The van der Waals surface area contributed by atoms with Crippen LogP contribution in [0.1, 0.15) is 39.7 Å². The van der Waals surface area contributed by atoms with Crippen LogP contribution in [0.5, 0.6) is 0 Å². The molecule has 1 rings (SSSR count). The van der Waals surface area contributed by atoms with Crippen molar-refractivity contribution >= 4 is 17.7 Å². The normalized spacial score (nSPS) is 13.8. The first-order valence-corrected chi connectivity index (χ1v) is 7.80. The molecule has 0 bridgehead atoms. The van der Waals surface area contributed by atoms with E-state index >= 15 is 0 Å². The maximum Gasteiger partial charge on any atom is 0.353 e. The summed E-state index contributed by atoms with van der Waals surface area (Å²) in [5, 5.41) is 17.7. The Morgan fingerprint density at radius 2 is 1.75 bits per heavy atom. The molecule has 0 fully saturated rings. The Labute approximate surface area is 142 Å². The van der Waals surface area contributed by atoms with E-state index in [0.717, 1.165) is 5.56 Å². The van der Waals surface area contributed by atoms with Crippen LogP contribution in [0.4, 0.5) is 0 Å². The van der Waals surface area contributed by atoms with Crippen molar-refractivity contribution in [1.29, 1.82) is 5.41 Å². The molecule has 0 saturated carbocycles. The van der Waals surface area contributed by atoms with Crippen LogP contribution < -0.4 is 0 Å². The van der Waals surface area contributed by atoms with Gasteiger partial charge >= 0.3 is 11.9 Å². The van der Waals surface area contributed by atoms with Gasteiger partial charge in [-0.3, -0.25) is 10.2 Å². The van der Waals surface area contributed by atoms with Crippen molar-refractivity contribution in [1.82, 2.24) is 0 Å². The third-order valence-corrected chi connectivity index (χ3v) is 3.55. The molecular weight excluding hydrogens is 310 g/mol. The van der Waals surface area contributed by atoms with Gasteiger partial charge in [0, 0.05) is 0 Å². The standard InChI is InChI=1S/C18H25NO5/c1-5-18(16(21)22,14(19)15(20)24-17(2,3)4)12-23-11-13-9-7-6-8-10-13/h6-10,19H,5,11-12H2,1-4H3,(H,21,22). The zero-order valence-corrected chi connectivity index (χ0v) is 14.6. The lowest BCUT2D eigenvalue weighted by Crippen LogP contribution is -2.48. The predicted octanol–water partition coefficient (Wildman–Crippen LogP) is 3.05. The van der Waals surface area contributed by atoms with Gasteiger partial charge in [0.1, 0.15) is 16.7 Å². The Morgan fingerprint density at radius 1 is 1.17 bits per heavy atom. The Kier molecular flexibility index (Phi) is 6.66. The van der Waals surface area contributed by atoms with Gasteiger partial charge in [-0.2, -0.15) is 0 Å². The number of carbonyl (C=O) groups excluding carboxylic acids is 1. The summed E-state index contributed by atoms with van der Waals surface area (Å²) in [4.78, 5) is 23.9. The number of carboxylic acid groups (broad SMARTS) is 1. The number of carbonyl (C=O) groups is 2. The molecule has 0 spiro atoms. The number of hydrogen-bond donors (Lipinski definition) is 2. The van der Waals surface area contributed by atoms with Gasteiger partial charge in [-0.05, 0) is 32.8 Å². The van der Waals surface area contributed by atoms with Crippen molar-refractivity contribution in [3.05, 3.63) is 35.9 Å². The van der Waals surface area contributed by atoms with Crippen molar-refractivity contribution in [2.24, 2.45) is 5.41 Å². The number of esters is 1. The minimum atomic E-state index is -1.73. The SMILES string of the molecule is CCC(COCc1ccccc1)(C(=N)C(=O)OC(C)(C)C)C(=O)O. The lowest BCUT2D eigenvalue weighted by Gasteiger charge is -2.29. The first-order valence-electron chi connectivity index (χ1n) is 7.80. The minimum absolute atomic E-state index is 0.0508. The monoisotopic (exact) mass is 335 g/mol. The number of ether oxygens (including phenoxy) is 2. The highest BCUT2D eigenvalue weighted by Crippen LogP contribution is 2.27. The molecule has 24 heavy (non-hydrogen) atoms. The largest absolute Gasteiger partial charge is 0.480 e. The summed E-state index contributed by atoms with van der Waals surface area (Å²) in [6.07, 6.45) is 0.0508. The summed E-state index contributed by atoms with van der Waals surface area (Å²) < 4.78 is 10.6. The number of benzene rings is 1. The molecule has 0 heterocycles. The van der Waals surface area contributed by atoms with Crippen LogP contribution in [0.2, 0.25) is 0 Å². The maximum absolute atomic E-state index is 12.1. The summed E-state index contributed by atoms with van der Waals surface area (Å²) in [6, 6.07) is 9.29. The Balaban J connectivity index is 2.87. The van der Waals surface area contributed by atoms with E-state index in [1.54, 1.807) is 27.7 Å². The van der Waals surface area contributed by atoms with Crippen LogP contribution in [0.3, 0.4) is 0 Å². The summed E-state index contributed by atoms with van der Waals surface area (Å²) >= 11 is 0. The highest BCUT2D eigenvalue weighted by Gasteiger charge is 2.46. The molecule has 6 heteroatoms. The van der Waals surface area contributed by atoms with Gasteiger partial charge in [0.15, 0.2) is 0 Å². The zero-order valence-electron chi connectivity index (χ0n) is 14.6. The predicted molar refractivity (Wildman–Crippen MR) is 90.0 cm³/mol. The van der Waals surface area contributed by atoms with E-state index in [9.17, 15) is 14.7 Å². The number of nitrogens with one attached hydrogen (secondary N) is 1. The fraction of sp³-hybridized carbons (Fsp3) is 0.500. The first kappa shape index (κ1) is 19.8. The van der Waals surface area contributed by atoms with E-state index in [1.165, 1.54) is 0 Å². The summed E-state index contributed by atoms with van der Waals surface area (Å²) in [5.74, 6) is -2.20. The quantitative estimate of drug-likeness (QED) is 0.562. The van der Waals surface area contributed by atoms with Gasteiger partial charge in [-0.15, -0.1) is 0 Å². The molecule has 132 valence electrons. The Bertz CT molecular complexity index is 591. The van der Waals surface area contributed by atoms with E-state index in [1.807, 2.05) is 30.3 Å². The molecule has 0 saturated heterocycles. The van der Waals surface area contributed by atoms with Gasteiger partial charge < -0.3 is 14.6 Å². The Hall–Kier alpha value is -2.21. The van der Waals surface area contributed by atoms with Crippen LogP contribution in [0.15, 0.2) is 30.3 Å². The van der Waals surface area contributed by atoms with Crippen molar-refractivity contribution in [2.45, 2.75) is 46.3 Å². The highest BCUT2D eigenvalue weighted by molar-refractivity contribution is 6.41. The fourth-order valence-electron chi connectivity index (χ4n) is 2.11. The van der Waals surface area contributed by atoms with E-state index in [4.69, 9.17) is 14.9 Å². The summed E-state index contributed by atoms with van der Waals surface area (Å²) in [6.45, 7) is 6.54. The van der Waals surface area contributed by atoms with Crippen LogP contribution in [0, 0.1) is 10.8 Å². The van der Waals surface area contributed by atoms with Crippen LogP contribution in [-0.2, 0) is 25.7 Å². The van der Waals surface area contributed by atoms with Crippen molar-refractivity contribution in [3.8, 4) is 0 Å². The molecule has 1 unspecified atom stereocenters. The molecule has 1 atom stereocenters. The molecule has 1 aromatic rings. The lowest BCUT2D eigenvalue weighted by atomic mass is 9.80. The smallest absolute Gasteiger partial charge is 0.353 e.